The zero-order chi connectivity index (χ0) is 14.9. The van der Waals surface area contributed by atoms with E-state index >= 15 is 0 Å². The maximum Gasteiger partial charge on any atom is 0.0588 e. The van der Waals surface area contributed by atoms with Gasteiger partial charge in [0.15, 0.2) is 0 Å². The smallest absolute Gasteiger partial charge is 0.0588 e. The monoisotopic (exact) mass is 351 g/mol. The summed E-state index contributed by atoms with van der Waals surface area (Å²) >= 11 is 9.92. The SMILES string of the molecule is CNC(c1cc(C)c(Cl)cc1C)c1cccc(C)c1Br. The van der Waals surface area contributed by atoms with Gasteiger partial charge >= 0.3 is 0 Å². The molecule has 1 N–H and O–H groups in total. The summed E-state index contributed by atoms with van der Waals surface area (Å²) in [7, 11) is 1.99. The molecular formula is C17H19BrClN. The standard InChI is InChI=1S/C17H19BrClN/c1-10-6-5-7-13(16(10)18)17(20-4)14-8-12(3)15(19)9-11(14)2/h5-9,17,20H,1-4H3. The van der Waals surface area contributed by atoms with Gasteiger partial charge in [-0.1, -0.05) is 51.8 Å². The molecule has 3 heteroatoms. The highest BCUT2D eigenvalue weighted by atomic mass is 79.9. The van der Waals surface area contributed by atoms with Crippen molar-refractivity contribution in [1.82, 2.24) is 5.32 Å². The number of aryl methyl sites for hydroxylation is 3. The van der Waals surface area contributed by atoms with Gasteiger partial charge in [0.2, 0.25) is 0 Å². The van der Waals surface area contributed by atoms with E-state index in [0.29, 0.717) is 0 Å². The molecule has 0 aromatic heterocycles. The lowest BCUT2D eigenvalue weighted by Gasteiger charge is -2.22. The Labute approximate surface area is 134 Å². The molecule has 1 unspecified atom stereocenters. The van der Waals surface area contributed by atoms with Crippen LogP contribution in [0.1, 0.15) is 33.9 Å². The van der Waals surface area contributed by atoms with Crippen LogP contribution in [0.4, 0.5) is 0 Å². The van der Waals surface area contributed by atoms with Crippen LogP contribution in [0.25, 0.3) is 0 Å². The van der Waals surface area contributed by atoms with E-state index in [2.05, 4.69) is 59.4 Å². The molecule has 106 valence electrons. The molecule has 0 aliphatic heterocycles. The molecule has 0 saturated carbocycles. The topological polar surface area (TPSA) is 12.0 Å². The van der Waals surface area contributed by atoms with Gasteiger partial charge < -0.3 is 5.32 Å². The molecule has 2 aromatic rings. The van der Waals surface area contributed by atoms with E-state index in [1.807, 2.05) is 20.0 Å². The maximum absolute atomic E-state index is 6.21. The largest absolute Gasteiger partial charge is 0.309 e. The van der Waals surface area contributed by atoms with Crippen molar-refractivity contribution in [3.63, 3.8) is 0 Å². The lowest BCUT2D eigenvalue weighted by molar-refractivity contribution is 0.683. The van der Waals surface area contributed by atoms with Crippen molar-refractivity contribution in [2.75, 3.05) is 7.05 Å². The van der Waals surface area contributed by atoms with E-state index in [4.69, 9.17) is 11.6 Å². The van der Waals surface area contributed by atoms with Gasteiger partial charge in [0.25, 0.3) is 0 Å². The lowest BCUT2D eigenvalue weighted by Crippen LogP contribution is -2.19. The normalized spacial score (nSPS) is 12.5. The van der Waals surface area contributed by atoms with Crippen molar-refractivity contribution >= 4 is 27.5 Å². The van der Waals surface area contributed by atoms with E-state index in [0.717, 1.165) is 15.1 Å². The Morgan fingerprint density at radius 3 is 2.35 bits per heavy atom. The van der Waals surface area contributed by atoms with Crippen LogP contribution in [-0.2, 0) is 0 Å². The molecule has 2 rings (SSSR count). The van der Waals surface area contributed by atoms with Gasteiger partial charge in [-0.15, -0.1) is 0 Å². The first kappa shape index (κ1) is 15.6. The quantitative estimate of drug-likeness (QED) is 0.786. The van der Waals surface area contributed by atoms with Gasteiger partial charge in [0, 0.05) is 9.50 Å². The first-order chi connectivity index (χ1) is 9.45. The third kappa shape index (κ3) is 2.93. The second-order valence-corrected chi connectivity index (χ2v) is 6.36. The molecule has 0 amide bonds. The Balaban J connectivity index is 2.58. The Hall–Kier alpha value is -0.830. The van der Waals surface area contributed by atoms with Crippen LogP contribution in [0, 0.1) is 20.8 Å². The summed E-state index contributed by atoms with van der Waals surface area (Å²) in [5.41, 5.74) is 6.06. The summed E-state index contributed by atoms with van der Waals surface area (Å²) in [5, 5.41) is 4.24. The minimum atomic E-state index is 0.153. The molecule has 0 fully saturated rings. The Bertz CT molecular complexity index is 637. The van der Waals surface area contributed by atoms with Crippen molar-refractivity contribution in [2.24, 2.45) is 0 Å². The zero-order valence-electron chi connectivity index (χ0n) is 12.2. The van der Waals surface area contributed by atoms with Crippen LogP contribution in [0.15, 0.2) is 34.8 Å². The first-order valence-corrected chi connectivity index (χ1v) is 7.81. The predicted molar refractivity (Wildman–Crippen MR) is 90.7 cm³/mol. The number of halogens is 2. The molecule has 0 heterocycles. The molecule has 0 radical (unpaired) electrons. The van der Waals surface area contributed by atoms with Crippen molar-refractivity contribution in [3.05, 3.63) is 67.6 Å². The molecular weight excluding hydrogens is 334 g/mol. The molecule has 0 aliphatic rings. The van der Waals surface area contributed by atoms with Crippen LogP contribution < -0.4 is 5.32 Å². The van der Waals surface area contributed by atoms with Crippen LogP contribution in [0.2, 0.25) is 5.02 Å². The summed E-state index contributed by atoms with van der Waals surface area (Å²) in [4.78, 5) is 0. The van der Waals surface area contributed by atoms with Crippen molar-refractivity contribution in [3.8, 4) is 0 Å². The van der Waals surface area contributed by atoms with E-state index in [9.17, 15) is 0 Å². The van der Waals surface area contributed by atoms with Crippen molar-refractivity contribution < 1.29 is 0 Å². The van der Waals surface area contributed by atoms with E-state index < -0.39 is 0 Å². The summed E-state index contributed by atoms with van der Waals surface area (Å²) in [6, 6.07) is 10.7. The van der Waals surface area contributed by atoms with E-state index in [1.54, 1.807) is 0 Å². The molecule has 0 saturated heterocycles. The maximum atomic E-state index is 6.21. The third-order valence-electron chi connectivity index (χ3n) is 3.68. The lowest BCUT2D eigenvalue weighted by atomic mass is 9.93. The molecule has 1 nitrogen and oxygen atoms in total. The second kappa shape index (κ2) is 6.30. The minimum absolute atomic E-state index is 0.153. The summed E-state index contributed by atoms with van der Waals surface area (Å²) in [5.74, 6) is 0. The number of hydrogen-bond donors (Lipinski definition) is 1. The van der Waals surface area contributed by atoms with Gasteiger partial charge in [0.05, 0.1) is 6.04 Å². The van der Waals surface area contributed by atoms with Crippen LogP contribution in [0.3, 0.4) is 0 Å². The van der Waals surface area contributed by atoms with E-state index in [-0.39, 0.29) is 6.04 Å². The van der Waals surface area contributed by atoms with Crippen LogP contribution in [0.5, 0.6) is 0 Å². The van der Waals surface area contributed by atoms with Crippen LogP contribution >= 0.6 is 27.5 Å². The highest BCUT2D eigenvalue weighted by Gasteiger charge is 2.18. The number of benzene rings is 2. The average molecular weight is 353 g/mol. The number of rotatable bonds is 3. The number of nitrogens with one attached hydrogen (secondary N) is 1. The predicted octanol–water partition coefficient (Wildman–Crippen LogP) is 5.34. The van der Waals surface area contributed by atoms with E-state index in [1.165, 1.54) is 22.3 Å². The molecule has 2 aromatic carbocycles. The second-order valence-electron chi connectivity index (χ2n) is 5.16. The van der Waals surface area contributed by atoms with Crippen LogP contribution in [-0.4, -0.2) is 7.05 Å². The van der Waals surface area contributed by atoms with Crippen molar-refractivity contribution in [2.45, 2.75) is 26.8 Å². The molecule has 1 atom stereocenters. The third-order valence-corrected chi connectivity index (χ3v) is 5.17. The Kier molecular flexibility index (Phi) is 4.90. The molecule has 0 aliphatic carbocycles. The molecule has 0 bridgehead atoms. The minimum Gasteiger partial charge on any atom is -0.309 e. The first-order valence-electron chi connectivity index (χ1n) is 6.64. The zero-order valence-corrected chi connectivity index (χ0v) is 14.6. The van der Waals surface area contributed by atoms with Gasteiger partial charge in [-0.3, -0.25) is 0 Å². The summed E-state index contributed by atoms with van der Waals surface area (Å²) in [6.45, 7) is 6.26. The fourth-order valence-electron chi connectivity index (χ4n) is 2.49. The molecule has 0 spiro atoms. The Morgan fingerprint density at radius 2 is 1.70 bits per heavy atom. The molecule has 20 heavy (non-hydrogen) atoms. The highest BCUT2D eigenvalue weighted by molar-refractivity contribution is 9.10. The summed E-state index contributed by atoms with van der Waals surface area (Å²) < 4.78 is 1.16. The fourth-order valence-corrected chi connectivity index (χ4v) is 3.20. The number of hydrogen-bond acceptors (Lipinski definition) is 1. The highest BCUT2D eigenvalue weighted by Crippen LogP contribution is 2.33. The van der Waals surface area contributed by atoms with Gasteiger partial charge in [-0.25, -0.2) is 0 Å². The van der Waals surface area contributed by atoms with Gasteiger partial charge in [0.1, 0.15) is 0 Å². The summed E-state index contributed by atoms with van der Waals surface area (Å²) in [6.07, 6.45) is 0. The van der Waals surface area contributed by atoms with Crippen molar-refractivity contribution in [1.29, 1.82) is 0 Å². The Morgan fingerprint density at radius 1 is 1.00 bits per heavy atom. The average Bonchev–Trinajstić information content (AvgIpc) is 2.41. The van der Waals surface area contributed by atoms with Gasteiger partial charge in [-0.2, -0.15) is 0 Å². The van der Waals surface area contributed by atoms with Gasteiger partial charge in [-0.05, 0) is 61.7 Å². The fraction of sp³-hybridized carbons (Fsp3) is 0.294.